The van der Waals surface area contributed by atoms with Gasteiger partial charge in [0.15, 0.2) is 0 Å². The highest BCUT2D eigenvalue weighted by atomic mass is 17.2. The lowest BCUT2D eigenvalue weighted by atomic mass is 10.1. The van der Waals surface area contributed by atoms with E-state index in [-0.39, 0.29) is 13.0 Å². The zero-order chi connectivity index (χ0) is 19.6. The van der Waals surface area contributed by atoms with Gasteiger partial charge in [0, 0.05) is 0 Å². The van der Waals surface area contributed by atoms with Crippen LogP contribution in [0.2, 0.25) is 0 Å². The van der Waals surface area contributed by atoms with E-state index in [9.17, 15) is 9.59 Å². The van der Waals surface area contributed by atoms with Crippen LogP contribution in [0, 0.1) is 0 Å². The fourth-order valence-electron chi connectivity index (χ4n) is 2.56. The second-order valence-electron chi connectivity index (χ2n) is 6.07. The van der Waals surface area contributed by atoms with Crippen molar-refractivity contribution in [3.8, 4) is 5.75 Å². The van der Waals surface area contributed by atoms with Crippen LogP contribution in [0.1, 0.15) is 27.9 Å². The van der Waals surface area contributed by atoms with E-state index in [0.717, 1.165) is 11.1 Å². The maximum absolute atomic E-state index is 12.2. The van der Waals surface area contributed by atoms with Gasteiger partial charge in [0.2, 0.25) is 0 Å². The summed E-state index contributed by atoms with van der Waals surface area (Å²) in [6, 6.07) is 25.3. The van der Waals surface area contributed by atoms with E-state index >= 15 is 0 Å². The van der Waals surface area contributed by atoms with Gasteiger partial charge in [0.25, 0.3) is 0 Å². The van der Waals surface area contributed by atoms with Crippen LogP contribution in [0.15, 0.2) is 84.9 Å². The minimum Gasteiger partial charge on any atom is -0.423 e. The molecule has 0 aliphatic carbocycles. The summed E-state index contributed by atoms with van der Waals surface area (Å²) in [5.41, 5.74) is 2.12. The van der Waals surface area contributed by atoms with Gasteiger partial charge in [-0.25, -0.2) is 9.59 Å². The summed E-state index contributed by atoms with van der Waals surface area (Å²) in [6.45, 7) is 0.192. The lowest BCUT2D eigenvalue weighted by molar-refractivity contribution is -0.279. The molecule has 28 heavy (non-hydrogen) atoms. The summed E-state index contributed by atoms with van der Waals surface area (Å²) in [4.78, 5) is 34.0. The Bertz CT molecular complexity index is 907. The molecule has 0 heterocycles. The first-order valence-electron chi connectivity index (χ1n) is 8.94. The predicted octanol–water partition coefficient (Wildman–Crippen LogP) is 4.51. The smallest absolute Gasteiger partial charge is 0.343 e. The van der Waals surface area contributed by atoms with Crippen LogP contribution in [0.4, 0.5) is 0 Å². The van der Waals surface area contributed by atoms with Gasteiger partial charge < -0.3 is 4.74 Å². The van der Waals surface area contributed by atoms with Gasteiger partial charge in [0.05, 0.1) is 12.0 Å². The first kappa shape index (κ1) is 19.3. The summed E-state index contributed by atoms with van der Waals surface area (Å²) in [7, 11) is 0. The third-order valence-electron chi connectivity index (χ3n) is 4.00. The fraction of sp³-hybridized carbons (Fsp3) is 0.130. The maximum Gasteiger partial charge on any atom is 0.343 e. The van der Waals surface area contributed by atoms with Crippen LogP contribution in [-0.4, -0.2) is 11.9 Å². The Morgan fingerprint density at radius 3 is 2.14 bits per heavy atom. The van der Waals surface area contributed by atoms with Gasteiger partial charge in [-0.3, -0.25) is 4.89 Å². The Morgan fingerprint density at radius 1 is 0.750 bits per heavy atom. The lowest BCUT2D eigenvalue weighted by Crippen LogP contribution is -2.11. The molecule has 0 saturated carbocycles. The molecule has 0 aromatic heterocycles. The molecular weight excluding hydrogens is 356 g/mol. The Morgan fingerprint density at radius 2 is 1.39 bits per heavy atom. The van der Waals surface area contributed by atoms with Gasteiger partial charge in [-0.15, -0.1) is 0 Å². The molecule has 5 heteroatoms. The molecule has 5 nitrogen and oxygen atoms in total. The summed E-state index contributed by atoms with van der Waals surface area (Å²) >= 11 is 0. The molecule has 0 bridgehead atoms. The van der Waals surface area contributed by atoms with E-state index in [1.165, 1.54) is 0 Å². The minimum atomic E-state index is -0.486. The molecule has 0 atom stereocenters. The van der Waals surface area contributed by atoms with Crippen molar-refractivity contribution in [3.63, 3.8) is 0 Å². The number of esters is 1. The molecule has 0 amide bonds. The topological polar surface area (TPSA) is 61.8 Å². The highest BCUT2D eigenvalue weighted by molar-refractivity contribution is 5.91. The van der Waals surface area contributed by atoms with Crippen LogP contribution in [0.25, 0.3) is 0 Å². The third-order valence-corrected chi connectivity index (χ3v) is 4.00. The van der Waals surface area contributed by atoms with Crippen LogP contribution in [0.5, 0.6) is 5.75 Å². The first-order valence-corrected chi connectivity index (χ1v) is 8.94. The molecule has 0 radical (unpaired) electrons. The van der Waals surface area contributed by atoms with Gasteiger partial charge >= 0.3 is 11.9 Å². The molecule has 0 aliphatic heterocycles. The molecule has 0 unspecified atom stereocenters. The predicted molar refractivity (Wildman–Crippen MR) is 103 cm³/mol. The van der Waals surface area contributed by atoms with Gasteiger partial charge in [-0.2, -0.15) is 4.89 Å². The molecule has 0 aliphatic rings. The first-order chi connectivity index (χ1) is 13.7. The Balaban J connectivity index is 1.50. The van der Waals surface area contributed by atoms with Crippen molar-refractivity contribution >= 4 is 11.9 Å². The van der Waals surface area contributed by atoms with E-state index in [4.69, 9.17) is 14.5 Å². The number of carbonyl (C=O) groups excluding carboxylic acids is 2. The highest BCUT2D eigenvalue weighted by Gasteiger charge is 2.13. The van der Waals surface area contributed by atoms with Crippen molar-refractivity contribution in [2.75, 3.05) is 0 Å². The molecule has 3 aromatic carbocycles. The van der Waals surface area contributed by atoms with E-state index in [0.29, 0.717) is 17.7 Å². The molecule has 0 fully saturated rings. The van der Waals surface area contributed by atoms with Crippen molar-refractivity contribution in [1.29, 1.82) is 0 Å². The van der Waals surface area contributed by atoms with Crippen molar-refractivity contribution < 1.29 is 24.1 Å². The van der Waals surface area contributed by atoms with Gasteiger partial charge in [-0.05, 0) is 35.7 Å². The van der Waals surface area contributed by atoms with Crippen LogP contribution < -0.4 is 4.74 Å². The second kappa shape index (κ2) is 10.0. The van der Waals surface area contributed by atoms with Crippen LogP contribution in [-0.2, 0) is 27.6 Å². The van der Waals surface area contributed by atoms with Gasteiger partial charge in [0.1, 0.15) is 12.4 Å². The lowest BCUT2D eigenvalue weighted by Gasteiger charge is -2.10. The molecule has 3 rings (SSSR count). The zero-order valence-electron chi connectivity index (χ0n) is 15.2. The Hall–Kier alpha value is -3.44. The molecule has 142 valence electrons. The average Bonchev–Trinajstić information content (AvgIpc) is 2.74. The normalized spacial score (nSPS) is 10.3. The number of para-hydroxylation sites is 1. The minimum absolute atomic E-state index is 0.106. The molecule has 0 saturated heterocycles. The quantitative estimate of drug-likeness (QED) is 0.250. The van der Waals surface area contributed by atoms with E-state index in [2.05, 4.69) is 0 Å². The monoisotopic (exact) mass is 376 g/mol. The van der Waals surface area contributed by atoms with E-state index < -0.39 is 11.9 Å². The summed E-state index contributed by atoms with van der Waals surface area (Å²) in [5.74, 6) is -0.503. The number of benzene rings is 3. The maximum atomic E-state index is 12.2. The van der Waals surface area contributed by atoms with Crippen molar-refractivity contribution in [3.05, 3.63) is 102 Å². The van der Waals surface area contributed by atoms with Crippen LogP contribution in [0.3, 0.4) is 0 Å². The number of hydrogen-bond acceptors (Lipinski definition) is 5. The highest BCUT2D eigenvalue weighted by Crippen LogP contribution is 2.21. The van der Waals surface area contributed by atoms with Crippen molar-refractivity contribution in [2.45, 2.75) is 19.4 Å². The Kier molecular flexibility index (Phi) is 6.93. The summed E-state index contributed by atoms with van der Waals surface area (Å²) in [6.07, 6.45) is 0.473. The molecule has 0 spiro atoms. The number of aryl methyl sites for hydroxylation is 1. The molecule has 3 aromatic rings. The zero-order valence-corrected chi connectivity index (χ0v) is 15.2. The second-order valence-corrected chi connectivity index (χ2v) is 6.07. The van der Waals surface area contributed by atoms with Crippen molar-refractivity contribution in [2.24, 2.45) is 0 Å². The van der Waals surface area contributed by atoms with Gasteiger partial charge in [-0.1, -0.05) is 66.7 Å². The number of ether oxygens (including phenoxy) is 1. The number of rotatable bonds is 8. The SMILES string of the molecule is O=C(CCc1ccccc1OC(=O)c1ccccc1)OOCc1ccccc1. The van der Waals surface area contributed by atoms with Crippen molar-refractivity contribution in [1.82, 2.24) is 0 Å². The third kappa shape index (κ3) is 5.79. The van der Waals surface area contributed by atoms with Crippen LogP contribution >= 0.6 is 0 Å². The Labute approximate surface area is 163 Å². The molecular formula is C23H20O5. The molecule has 0 N–H and O–H groups in total. The summed E-state index contributed by atoms with van der Waals surface area (Å²) < 4.78 is 5.48. The average molecular weight is 376 g/mol. The standard InChI is InChI=1S/C23H20O5/c24-22(28-26-17-18-9-3-1-4-10-18)16-15-19-11-7-8-14-21(19)27-23(25)20-12-5-2-6-13-20/h1-14H,15-17H2. The number of hydrogen-bond donors (Lipinski definition) is 0. The number of carbonyl (C=O) groups is 2. The summed E-state index contributed by atoms with van der Waals surface area (Å²) in [5, 5.41) is 0. The largest absolute Gasteiger partial charge is 0.423 e. The van der Waals surface area contributed by atoms with E-state index in [1.807, 2.05) is 48.5 Å². The fourth-order valence-corrected chi connectivity index (χ4v) is 2.56. The van der Waals surface area contributed by atoms with E-state index in [1.54, 1.807) is 36.4 Å².